The lowest BCUT2D eigenvalue weighted by atomic mass is 9.44. The van der Waals surface area contributed by atoms with E-state index in [4.69, 9.17) is 16.3 Å². The Morgan fingerprint density at radius 3 is 2.49 bits per heavy atom. The molecule has 0 aliphatic heterocycles. The average molecular weight is 621 g/mol. The summed E-state index contributed by atoms with van der Waals surface area (Å²) < 4.78 is 5.91. The number of hydrogen-bond donors (Lipinski definition) is 0. The molecule has 5 rings (SSSR count). The lowest BCUT2D eigenvalue weighted by Gasteiger charge is -2.61. The van der Waals surface area contributed by atoms with Crippen LogP contribution < -0.4 is 0 Å². The number of ether oxygens (including phenoxy) is 1. The molecule has 1 aromatic rings. The van der Waals surface area contributed by atoms with Crippen molar-refractivity contribution in [3.63, 3.8) is 0 Å². The number of aromatic nitrogens is 1. The molecule has 0 spiro atoms. The van der Waals surface area contributed by atoms with E-state index in [-0.39, 0.29) is 28.2 Å². The summed E-state index contributed by atoms with van der Waals surface area (Å²) in [5.74, 6) is 3.81. The average Bonchev–Trinajstić information content (AvgIpc) is 3.25. The van der Waals surface area contributed by atoms with Gasteiger partial charge in [0.1, 0.15) is 11.3 Å². The number of esters is 1. The molecular formula is C33H47BrClNO3. The smallest absolute Gasteiger partial charge is 0.339 e. The van der Waals surface area contributed by atoms with Gasteiger partial charge in [0.05, 0.1) is 10.4 Å². The molecule has 0 saturated heterocycles. The van der Waals surface area contributed by atoms with Crippen molar-refractivity contribution in [3.8, 4) is 0 Å². The molecule has 4 fully saturated rings. The third kappa shape index (κ3) is 5.38. The summed E-state index contributed by atoms with van der Waals surface area (Å²) in [7, 11) is 0. The maximum atomic E-state index is 14.1. The largest absolute Gasteiger partial charge is 0.459 e. The van der Waals surface area contributed by atoms with Crippen LogP contribution in [-0.4, -0.2) is 27.7 Å². The van der Waals surface area contributed by atoms with E-state index in [9.17, 15) is 9.59 Å². The quantitative estimate of drug-likeness (QED) is 0.173. The van der Waals surface area contributed by atoms with Crippen LogP contribution in [0.2, 0.25) is 5.15 Å². The number of Topliss-reactive ketones (excluding diaryl/α,β-unsaturated/α-hetero) is 1. The highest BCUT2D eigenvalue weighted by atomic mass is 79.9. The highest BCUT2D eigenvalue weighted by Gasteiger charge is 2.65. The van der Waals surface area contributed by atoms with Gasteiger partial charge in [-0.25, -0.2) is 9.78 Å². The number of fused-ring (bicyclic) bond motifs is 5. The van der Waals surface area contributed by atoms with Crippen LogP contribution in [0.5, 0.6) is 0 Å². The number of halogens is 2. The molecule has 216 valence electrons. The molecule has 0 bridgehead atoms. The second kappa shape index (κ2) is 11.4. The van der Waals surface area contributed by atoms with Crippen molar-refractivity contribution in [2.24, 2.45) is 52.3 Å². The number of alkyl halides is 1. The molecule has 4 saturated carbocycles. The van der Waals surface area contributed by atoms with Crippen LogP contribution in [0.15, 0.2) is 18.3 Å². The highest BCUT2D eigenvalue weighted by molar-refractivity contribution is 9.10. The summed E-state index contributed by atoms with van der Waals surface area (Å²) in [5, 5.41) is 0.350. The Labute approximate surface area is 248 Å². The Kier molecular flexibility index (Phi) is 8.63. The van der Waals surface area contributed by atoms with Crippen molar-refractivity contribution in [1.29, 1.82) is 0 Å². The molecule has 4 aliphatic carbocycles. The molecule has 4 aliphatic rings. The van der Waals surface area contributed by atoms with Gasteiger partial charge in [-0.15, -0.1) is 0 Å². The van der Waals surface area contributed by atoms with Gasteiger partial charge in [0.2, 0.25) is 0 Å². The fraction of sp³-hybridized carbons (Fsp3) is 0.788. The van der Waals surface area contributed by atoms with Crippen LogP contribution in [0.4, 0.5) is 0 Å². The van der Waals surface area contributed by atoms with Crippen LogP contribution in [0.3, 0.4) is 0 Å². The maximum absolute atomic E-state index is 14.1. The number of carbonyl (C=O) groups excluding carboxylic acids is 2. The Balaban J connectivity index is 1.29. The summed E-state index contributed by atoms with van der Waals surface area (Å²) in [6.07, 6.45) is 12.7. The van der Waals surface area contributed by atoms with Crippen LogP contribution >= 0.6 is 27.5 Å². The van der Waals surface area contributed by atoms with Crippen LogP contribution in [0.25, 0.3) is 0 Å². The summed E-state index contributed by atoms with van der Waals surface area (Å²) >= 11 is 9.87. The number of nitrogens with zero attached hydrogens (tertiary/aromatic N) is 1. The highest BCUT2D eigenvalue weighted by Crippen LogP contribution is 2.68. The molecule has 1 heterocycles. The third-order valence-corrected chi connectivity index (χ3v) is 13.2. The minimum Gasteiger partial charge on any atom is -0.459 e. The van der Waals surface area contributed by atoms with Crippen LogP contribution in [0.1, 0.15) is 109 Å². The molecule has 1 aromatic heterocycles. The minimum absolute atomic E-state index is 0.0148. The zero-order valence-electron chi connectivity index (χ0n) is 24.4. The second-order valence-electron chi connectivity index (χ2n) is 14.4. The number of pyridine rings is 1. The molecule has 0 N–H and O–H groups in total. The van der Waals surface area contributed by atoms with Crippen LogP contribution in [0, 0.1) is 52.3 Å². The Hall–Kier alpha value is -0.940. The predicted molar refractivity (Wildman–Crippen MR) is 160 cm³/mol. The van der Waals surface area contributed by atoms with E-state index in [0.717, 1.165) is 30.6 Å². The first kappa shape index (κ1) is 29.5. The van der Waals surface area contributed by atoms with Gasteiger partial charge in [-0.3, -0.25) is 4.79 Å². The standard InChI is InChI=1S/C33H47BrClNO3/c1-19(2)7-6-8-20(3)23-10-11-24-28-25(14-16-32(23,24)4)33(5)15-13-22(17-26(33)30(37)29(28)34)39-31(38)21-9-12-27(35)36-18-21/h9,12,18-20,22-26,28-29H,6-8,10-11,13-17H2,1-5H3/t20-,22+,23-,24+,25+,26-,28+,29+,32-,33-/m1/s1. The molecule has 0 radical (unpaired) electrons. The Bertz CT molecular complexity index is 1060. The molecule has 10 atom stereocenters. The van der Waals surface area contributed by atoms with Gasteiger partial charge in [0.25, 0.3) is 0 Å². The van der Waals surface area contributed by atoms with Crippen molar-refractivity contribution >= 4 is 39.3 Å². The van der Waals surface area contributed by atoms with Gasteiger partial charge in [0.15, 0.2) is 5.78 Å². The van der Waals surface area contributed by atoms with Gasteiger partial charge in [0, 0.05) is 12.1 Å². The van der Waals surface area contributed by atoms with E-state index >= 15 is 0 Å². The SMILES string of the molecule is CC(C)CCC[C@@H](C)[C@H]1CC[C@H]2[C@@H]3[C@H](Br)C(=O)[C@H]4C[C@@H](OC(=O)c5ccc(Cl)nc5)CC[C@]4(C)[C@H]3CC[C@]12C. The summed E-state index contributed by atoms with van der Waals surface area (Å²) in [4.78, 5) is 30.8. The first-order valence-electron chi connectivity index (χ1n) is 15.5. The van der Waals surface area contributed by atoms with E-state index in [1.807, 2.05) is 0 Å². The number of rotatable bonds is 7. The topological polar surface area (TPSA) is 56.3 Å². The molecule has 6 heteroatoms. The number of carbonyl (C=O) groups is 2. The zero-order valence-corrected chi connectivity index (χ0v) is 26.8. The Morgan fingerprint density at radius 1 is 1.08 bits per heavy atom. The van der Waals surface area contributed by atoms with Crippen molar-refractivity contribution in [3.05, 3.63) is 29.0 Å². The monoisotopic (exact) mass is 619 g/mol. The molecule has 39 heavy (non-hydrogen) atoms. The maximum Gasteiger partial charge on any atom is 0.339 e. The lowest BCUT2D eigenvalue weighted by molar-refractivity contribution is -0.158. The van der Waals surface area contributed by atoms with E-state index in [2.05, 4.69) is 55.5 Å². The molecule has 0 amide bonds. The lowest BCUT2D eigenvalue weighted by Crippen LogP contribution is -2.61. The molecule has 0 unspecified atom stereocenters. The van der Waals surface area contributed by atoms with Gasteiger partial charge in [-0.1, -0.05) is 81.4 Å². The molecule has 0 aromatic carbocycles. The minimum atomic E-state index is -0.378. The van der Waals surface area contributed by atoms with Crippen molar-refractivity contribution in [2.45, 2.75) is 110 Å². The molecular weight excluding hydrogens is 574 g/mol. The van der Waals surface area contributed by atoms with Crippen LogP contribution in [-0.2, 0) is 9.53 Å². The van der Waals surface area contributed by atoms with Crippen molar-refractivity contribution < 1.29 is 14.3 Å². The van der Waals surface area contributed by atoms with E-state index in [1.165, 1.54) is 51.1 Å². The molecule has 4 nitrogen and oxygen atoms in total. The Morgan fingerprint density at radius 2 is 1.79 bits per heavy atom. The first-order chi connectivity index (χ1) is 18.5. The zero-order chi connectivity index (χ0) is 28.1. The van der Waals surface area contributed by atoms with E-state index in [1.54, 1.807) is 12.1 Å². The second-order valence-corrected chi connectivity index (χ2v) is 15.7. The first-order valence-corrected chi connectivity index (χ1v) is 16.8. The summed E-state index contributed by atoms with van der Waals surface area (Å²) in [6, 6.07) is 3.25. The summed E-state index contributed by atoms with van der Waals surface area (Å²) in [6.45, 7) is 12.1. The predicted octanol–water partition coefficient (Wildman–Crippen LogP) is 8.93. The van der Waals surface area contributed by atoms with Gasteiger partial charge in [-0.2, -0.15) is 0 Å². The van der Waals surface area contributed by atoms with E-state index < -0.39 is 0 Å². The van der Waals surface area contributed by atoms with E-state index in [0.29, 0.717) is 46.1 Å². The third-order valence-electron chi connectivity index (χ3n) is 11.9. The number of hydrogen-bond acceptors (Lipinski definition) is 4. The number of ketones is 1. The fourth-order valence-corrected chi connectivity index (χ4v) is 11.0. The van der Waals surface area contributed by atoms with Gasteiger partial charge in [-0.05, 0) is 103 Å². The van der Waals surface area contributed by atoms with Crippen molar-refractivity contribution in [1.82, 2.24) is 4.98 Å². The fourth-order valence-electron chi connectivity index (χ4n) is 9.78. The van der Waals surface area contributed by atoms with Crippen molar-refractivity contribution in [2.75, 3.05) is 0 Å². The summed E-state index contributed by atoms with van der Waals surface area (Å²) in [5.41, 5.74) is 0.730. The van der Waals surface area contributed by atoms with Gasteiger partial charge < -0.3 is 4.74 Å². The normalized spacial score (nSPS) is 40.5. The van der Waals surface area contributed by atoms with Gasteiger partial charge >= 0.3 is 5.97 Å².